The van der Waals surface area contributed by atoms with Crippen molar-refractivity contribution in [1.29, 1.82) is 0 Å². The maximum atomic E-state index is 13.3. The number of aromatic amines is 1. The maximum Gasteiger partial charge on any atom is 0.276 e. The zero-order chi connectivity index (χ0) is 20.4. The Labute approximate surface area is 170 Å². The van der Waals surface area contributed by atoms with Gasteiger partial charge in [-0.15, -0.1) is 0 Å². The molecule has 29 heavy (non-hydrogen) atoms. The first kappa shape index (κ1) is 18.9. The van der Waals surface area contributed by atoms with Crippen LogP contribution in [0.2, 0.25) is 5.02 Å². The molecule has 0 aliphatic rings. The molecule has 3 heterocycles. The molecular weight excluding hydrogens is 399 g/mol. The van der Waals surface area contributed by atoms with Crippen molar-refractivity contribution in [2.45, 2.75) is 13.2 Å². The molecule has 0 radical (unpaired) electrons. The first-order valence-electron chi connectivity index (χ1n) is 8.69. The van der Waals surface area contributed by atoms with Gasteiger partial charge in [-0.3, -0.25) is 9.78 Å². The Kier molecular flexibility index (Phi) is 5.18. The van der Waals surface area contributed by atoms with Gasteiger partial charge in [-0.2, -0.15) is 0 Å². The standard InChI is InChI=1S/C20H16ClFN4O3/c1-26(10-15-5-12-4-14(22)2-3-18(12)24-15)20(27)19-7-17(29-25-19)11-28-16-6-13(21)8-23-9-16/h2-9,24H,10-11H2,1H3. The molecular formula is C20H16ClFN4O3. The molecule has 1 N–H and O–H groups in total. The van der Waals surface area contributed by atoms with E-state index in [2.05, 4.69) is 15.1 Å². The van der Waals surface area contributed by atoms with E-state index < -0.39 is 0 Å². The summed E-state index contributed by atoms with van der Waals surface area (Å²) in [5, 5.41) is 5.02. The van der Waals surface area contributed by atoms with Crippen LogP contribution in [-0.4, -0.2) is 33.0 Å². The number of hydrogen-bond donors (Lipinski definition) is 1. The first-order chi connectivity index (χ1) is 14.0. The van der Waals surface area contributed by atoms with Gasteiger partial charge in [-0.05, 0) is 24.3 Å². The molecule has 1 aromatic carbocycles. The Hall–Kier alpha value is -3.39. The number of benzene rings is 1. The number of nitrogens with zero attached hydrogens (tertiary/aromatic N) is 3. The molecule has 0 spiro atoms. The lowest BCUT2D eigenvalue weighted by Crippen LogP contribution is -2.26. The molecule has 0 aliphatic heterocycles. The van der Waals surface area contributed by atoms with Crippen molar-refractivity contribution in [3.05, 3.63) is 76.8 Å². The highest BCUT2D eigenvalue weighted by molar-refractivity contribution is 6.30. The van der Waals surface area contributed by atoms with E-state index in [4.69, 9.17) is 20.9 Å². The summed E-state index contributed by atoms with van der Waals surface area (Å²) in [6.45, 7) is 0.390. The molecule has 0 saturated carbocycles. The number of carbonyl (C=O) groups is 1. The summed E-state index contributed by atoms with van der Waals surface area (Å²) < 4.78 is 24.0. The topological polar surface area (TPSA) is 84.2 Å². The normalized spacial score (nSPS) is 11.0. The maximum absolute atomic E-state index is 13.3. The van der Waals surface area contributed by atoms with E-state index in [1.165, 1.54) is 35.5 Å². The molecule has 0 atom stereocenters. The van der Waals surface area contributed by atoms with Crippen LogP contribution in [0, 0.1) is 5.82 Å². The van der Waals surface area contributed by atoms with Gasteiger partial charge in [0, 0.05) is 42.0 Å². The van der Waals surface area contributed by atoms with Crippen LogP contribution < -0.4 is 4.74 Å². The predicted molar refractivity (Wildman–Crippen MR) is 104 cm³/mol. The lowest BCUT2D eigenvalue weighted by atomic mass is 10.2. The molecule has 4 rings (SSSR count). The molecule has 0 bridgehead atoms. The summed E-state index contributed by atoms with van der Waals surface area (Å²) in [6, 6.07) is 9.44. The van der Waals surface area contributed by atoms with Gasteiger partial charge in [0.1, 0.15) is 18.2 Å². The fourth-order valence-electron chi connectivity index (χ4n) is 2.88. The SMILES string of the molecule is CN(Cc1cc2cc(F)ccc2[nH]1)C(=O)c1cc(COc2cncc(Cl)c2)on1. The number of hydrogen-bond acceptors (Lipinski definition) is 5. The predicted octanol–water partition coefficient (Wildman–Crippen LogP) is 4.19. The number of nitrogens with one attached hydrogen (secondary N) is 1. The molecule has 7 nitrogen and oxygen atoms in total. The van der Waals surface area contributed by atoms with Crippen LogP contribution in [0.4, 0.5) is 4.39 Å². The minimum atomic E-state index is -0.311. The van der Waals surface area contributed by atoms with E-state index >= 15 is 0 Å². The number of rotatable bonds is 6. The molecule has 9 heteroatoms. The quantitative estimate of drug-likeness (QED) is 0.511. The van der Waals surface area contributed by atoms with Crippen LogP contribution in [0.3, 0.4) is 0 Å². The van der Waals surface area contributed by atoms with E-state index in [1.807, 2.05) is 6.07 Å². The number of amides is 1. The largest absolute Gasteiger partial charge is 0.484 e. The van der Waals surface area contributed by atoms with Gasteiger partial charge in [-0.1, -0.05) is 16.8 Å². The van der Waals surface area contributed by atoms with Crippen molar-refractivity contribution in [3.63, 3.8) is 0 Å². The van der Waals surface area contributed by atoms with E-state index in [0.29, 0.717) is 23.1 Å². The van der Waals surface area contributed by atoms with E-state index in [1.54, 1.807) is 19.2 Å². The number of aromatic nitrogens is 3. The highest BCUT2D eigenvalue weighted by atomic mass is 35.5. The number of carbonyl (C=O) groups excluding carboxylic acids is 1. The molecule has 1 amide bonds. The van der Waals surface area contributed by atoms with Crippen LogP contribution in [0.15, 0.2) is 53.3 Å². The monoisotopic (exact) mass is 414 g/mol. The summed E-state index contributed by atoms with van der Waals surface area (Å²) in [6.07, 6.45) is 3.02. The number of H-pyrrole nitrogens is 1. The summed E-state index contributed by atoms with van der Waals surface area (Å²) >= 11 is 5.86. The van der Waals surface area contributed by atoms with Crippen LogP contribution in [0.1, 0.15) is 21.9 Å². The molecule has 0 unspecified atom stereocenters. The average molecular weight is 415 g/mol. The van der Waals surface area contributed by atoms with E-state index in [-0.39, 0.29) is 24.0 Å². The van der Waals surface area contributed by atoms with Crippen LogP contribution in [0.25, 0.3) is 10.9 Å². The summed E-state index contributed by atoms with van der Waals surface area (Å²) in [7, 11) is 1.65. The molecule has 3 aromatic heterocycles. The minimum absolute atomic E-state index is 0.0829. The fraction of sp³-hybridized carbons (Fsp3) is 0.150. The first-order valence-corrected chi connectivity index (χ1v) is 9.07. The van der Waals surface area contributed by atoms with Crippen molar-refractivity contribution in [2.24, 2.45) is 0 Å². The summed E-state index contributed by atoms with van der Waals surface area (Å²) in [4.78, 5) is 21.2. The number of ether oxygens (including phenoxy) is 1. The second kappa shape index (κ2) is 7.92. The zero-order valence-corrected chi connectivity index (χ0v) is 16.1. The highest BCUT2D eigenvalue weighted by Gasteiger charge is 2.18. The van der Waals surface area contributed by atoms with Crippen LogP contribution in [-0.2, 0) is 13.2 Å². The van der Waals surface area contributed by atoms with Gasteiger partial charge in [0.2, 0.25) is 0 Å². The van der Waals surface area contributed by atoms with Gasteiger partial charge in [0.05, 0.1) is 17.8 Å². The Morgan fingerprint density at radius 3 is 2.97 bits per heavy atom. The number of pyridine rings is 1. The molecule has 148 valence electrons. The Bertz CT molecular complexity index is 1170. The highest BCUT2D eigenvalue weighted by Crippen LogP contribution is 2.19. The van der Waals surface area contributed by atoms with Gasteiger partial charge in [0.15, 0.2) is 11.5 Å². The Balaban J connectivity index is 1.39. The summed E-state index contributed by atoms with van der Waals surface area (Å²) in [5.41, 5.74) is 1.75. The summed E-state index contributed by atoms with van der Waals surface area (Å²) in [5.74, 6) is 0.254. The third-order valence-electron chi connectivity index (χ3n) is 4.23. The van der Waals surface area contributed by atoms with E-state index in [0.717, 1.165) is 16.6 Å². The van der Waals surface area contributed by atoms with Crippen molar-refractivity contribution >= 4 is 28.4 Å². The van der Waals surface area contributed by atoms with Gasteiger partial charge < -0.3 is 19.1 Å². The van der Waals surface area contributed by atoms with E-state index in [9.17, 15) is 9.18 Å². The third-order valence-corrected chi connectivity index (χ3v) is 4.44. The molecule has 0 aliphatic carbocycles. The van der Waals surface area contributed by atoms with Crippen molar-refractivity contribution < 1.29 is 18.4 Å². The Morgan fingerprint density at radius 2 is 2.14 bits per heavy atom. The molecule has 0 fully saturated rings. The second-order valence-corrected chi connectivity index (χ2v) is 6.93. The Morgan fingerprint density at radius 1 is 1.28 bits per heavy atom. The number of fused-ring (bicyclic) bond motifs is 1. The van der Waals surface area contributed by atoms with Crippen molar-refractivity contribution in [3.8, 4) is 5.75 Å². The van der Waals surface area contributed by atoms with Crippen LogP contribution in [0.5, 0.6) is 5.75 Å². The zero-order valence-electron chi connectivity index (χ0n) is 15.4. The average Bonchev–Trinajstić information content (AvgIpc) is 3.32. The minimum Gasteiger partial charge on any atom is -0.484 e. The lowest BCUT2D eigenvalue weighted by Gasteiger charge is -2.14. The lowest BCUT2D eigenvalue weighted by molar-refractivity contribution is 0.0773. The van der Waals surface area contributed by atoms with Gasteiger partial charge >= 0.3 is 0 Å². The smallest absolute Gasteiger partial charge is 0.276 e. The fourth-order valence-corrected chi connectivity index (χ4v) is 3.04. The van der Waals surface area contributed by atoms with Crippen LogP contribution >= 0.6 is 11.6 Å². The van der Waals surface area contributed by atoms with Crippen molar-refractivity contribution in [1.82, 2.24) is 20.0 Å². The third kappa shape index (κ3) is 4.38. The molecule has 4 aromatic rings. The number of halogens is 2. The van der Waals surface area contributed by atoms with Gasteiger partial charge in [0.25, 0.3) is 5.91 Å². The van der Waals surface area contributed by atoms with Crippen molar-refractivity contribution in [2.75, 3.05) is 7.05 Å². The second-order valence-electron chi connectivity index (χ2n) is 6.49. The molecule has 0 saturated heterocycles. The van der Waals surface area contributed by atoms with Gasteiger partial charge in [-0.25, -0.2) is 4.39 Å².